The SMILES string of the molecule is C=C[C@H](C)[C@@H]1O[C@H](C[C@H]2O[C@H]2CO)[C@H](C)C[C@@H]1O[Si](C)(C)C(C)(C)C. The van der Waals surface area contributed by atoms with Crippen molar-refractivity contribution in [3.63, 3.8) is 0 Å². The normalized spacial score (nSPS) is 37.6. The van der Waals surface area contributed by atoms with Gasteiger partial charge in [-0.2, -0.15) is 0 Å². The Morgan fingerprint density at radius 2 is 1.88 bits per heavy atom. The molecule has 25 heavy (non-hydrogen) atoms. The molecular weight excluding hydrogens is 332 g/mol. The van der Waals surface area contributed by atoms with E-state index in [1.54, 1.807) is 0 Å². The Morgan fingerprint density at radius 3 is 2.36 bits per heavy atom. The first-order valence-corrected chi connectivity index (χ1v) is 12.6. The Kier molecular flexibility index (Phi) is 6.59. The highest BCUT2D eigenvalue weighted by Gasteiger charge is 2.47. The van der Waals surface area contributed by atoms with Gasteiger partial charge in [-0.15, -0.1) is 6.58 Å². The van der Waals surface area contributed by atoms with E-state index in [1.807, 2.05) is 6.08 Å². The molecule has 0 amide bonds. The van der Waals surface area contributed by atoms with E-state index in [-0.39, 0.29) is 48.1 Å². The summed E-state index contributed by atoms with van der Waals surface area (Å²) in [5.41, 5.74) is 0. The van der Waals surface area contributed by atoms with Gasteiger partial charge in [-0.3, -0.25) is 0 Å². The molecule has 0 aromatic heterocycles. The maximum Gasteiger partial charge on any atom is 0.192 e. The van der Waals surface area contributed by atoms with E-state index in [0.717, 1.165) is 12.8 Å². The van der Waals surface area contributed by atoms with Crippen LogP contribution < -0.4 is 0 Å². The fourth-order valence-electron chi connectivity index (χ4n) is 3.41. The van der Waals surface area contributed by atoms with Crippen LogP contribution in [0, 0.1) is 11.8 Å². The second kappa shape index (κ2) is 7.81. The van der Waals surface area contributed by atoms with Gasteiger partial charge in [0.1, 0.15) is 6.10 Å². The Morgan fingerprint density at radius 1 is 1.24 bits per heavy atom. The van der Waals surface area contributed by atoms with Crippen LogP contribution in [-0.2, 0) is 13.9 Å². The maximum atomic E-state index is 9.20. The van der Waals surface area contributed by atoms with Gasteiger partial charge in [0.15, 0.2) is 8.32 Å². The molecule has 0 aromatic rings. The zero-order valence-electron chi connectivity index (χ0n) is 17.1. The van der Waals surface area contributed by atoms with E-state index in [4.69, 9.17) is 13.9 Å². The van der Waals surface area contributed by atoms with Crippen LogP contribution in [0.25, 0.3) is 0 Å². The molecule has 2 rings (SSSR count). The van der Waals surface area contributed by atoms with E-state index in [1.165, 1.54) is 0 Å². The van der Waals surface area contributed by atoms with Crippen molar-refractivity contribution >= 4 is 8.32 Å². The molecule has 2 aliphatic rings. The number of hydrogen-bond donors (Lipinski definition) is 1. The predicted octanol–water partition coefficient (Wildman–Crippen LogP) is 4.14. The topological polar surface area (TPSA) is 51.2 Å². The lowest BCUT2D eigenvalue weighted by Crippen LogP contribution is -2.53. The van der Waals surface area contributed by atoms with Crippen LogP contribution in [0.2, 0.25) is 18.1 Å². The minimum absolute atomic E-state index is 0.00674. The summed E-state index contributed by atoms with van der Waals surface area (Å²) < 4.78 is 18.8. The summed E-state index contributed by atoms with van der Waals surface area (Å²) in [7, 11) is -1.85. The summed E-state index contributed by atoms with van der Waals surface area (Å²) in [5, 5.41) is 9.39. The van der Waals surface area contributed by atoms with Crippen LogP contribution in [0.5, 0.6) is 0 Å². The molecule has 7 atom stereocenters. The predicted molar refractivity (Wildman–Crippen MR) is 104 cm³/mol. The third-order valence-corrected chi connectivity index (χ3v) is 10.9. The van der Waals surface area contributed by atoms with Gasteiger partial charge in [0.05, 0.1) is 31.0 Å². The number of ether oxygens (including phenoxy) is 2. The molecule has 2 saturated heterocycles. The van der Waals surface area contributed by atoms with Crippen molar-refractivity contribution in [2.75, 3.05) is 6.61 Å². The van der Waals surface area contributed by atoms with Crippen molar-refractivity contribution in [2.45, 2.75) is 96.1 Å². The lowest BCUT2D eigenvalue weighted by molar-refractivity contribution is -0.152. The standard InChI is InChI=1S/C20H38O4Si/c1-9-13(2)19-17(24-25(7,8)20(4,5)6)10-14(3)15(23-19)11-16-18(12-21)22-16/h9,13-19,21H,1,10-12H2,2-8H3/t13-,14+,15+,16+,17-,18-,19-/m0/s1. The average Bonchev–Trinajstić information content (AvgIpc) is 3.26. The van der Waals surface area contributed by atoms with E-state index in [2.05, 4.69) is 54.3 Å². The molecule has 1 N–H and O–H groups in total. The van der Waals surface area contributed by atoms with Gasteiger partial charge < -0.3 is 19.0 Å². The van der Waals surface area contributed by atoms with Crippen molar-refractivity contribution in [2.24, 2.45) is 11.8 Å². The number of rotatable bonds is 7. The number of aliphatic hydroxyl groups is 1. The van der Waals surface area contributed by atoms with Gasteiger partial charge in [0.2, 0.25) is 0 Å². The van der Waals surface area contributed by atoms with Gasteiger partial charge in [0, 0.05) is 12.3 Å². The summed E-state index contributed by atoms with van der Waals surface area (Å²) in [6, 6.07) is 0. The largest absolute Gasteiger partial charge is 0.411 e. The van der Waals surface area contributed by atoms with Gasteiger partial charge in [-0.05, 0) is 30.5 Å². The molecule has 0 radical (unpaired) electrons. The number of aliphatic hydroxyl groups excluding tert-OH is 1. The fraction of sp³-hybridized carbons (Fsp3) is 0.900. The summed E-state index contributed by atoms with van der Waals surface area (Å²) in [4.78, 5) is 0. The molecule has 0 unspecified atom stereocenters. The van der Waals surface area contributed by atoms with Crippen molar-refractivity contribution in [1.82, 2.24) is 0 Å². The first-order chi connectivity index (χ1) is 11.5. The highest BCUT2D eigenvalue weighted by molar-refractivity contribution is 6.74. The van der Waals surface area contributed by atoms with Gasteiger partial charge in [-0.25, -0.2) is 0 Å². The molecule has 0 bridgehead atoms. The van der Waals surface area contributed by atoms with Crippen LogP contribution >= 0.6 is 0 Å². The molecular formula is C20H38O4Si. The molecule has 2 fully saturated rings. The summed E-state index contributed by atoms with van der Waals surface area (Å²) >= 11 is 0. The van der Waals surface area contributed by atoms with Crippen molar-refractivity contribution in [3.8, 4) is 0 Å². The minimum atomic E-state index is -1.85. The smallest absolute Gasteiger partial charge is 0.192 e. The Labute approximate surface area is 155 Å². The highest BCUT2D eigenvalue weighted by Crippen LogP contribution is 2.42. The summed E-state index contributed by atoms with van der Waals surface area (Å²) in [6.07, 6.45) is 4.32. The van der Waals surface area contributed by atoms with Crippen LogP contribution in [0.3, 0.4) is 0 Å². The Balaban J connectivity index is 2.08. The molecule has 0 aliphatic carbocycles. The third-order valence-electron chi connectivity index (χ3n) is 6.41. The first kappa shape index (κ1) is 21.1. The van der Waals surface area contributed by atoms with Crippen LogP contribution in [-0.4, -0.2) is 50.6 Å². The molecule has 0 saturated carbocycles. The van der Waals surface area contributed by atoms with Crippen molar-refractivity contribution in [3.05, 3.63) is 12.7 Å². The monoisotopic (exact) mass is 370 g/mol. The zero-order valence-corrected chi connectivity index (χ0v) is 18.1. The molecule has 2 aliphatic heterocycles. The number of hydrogen-bond acceptors (Lipinski definition) is 4. The van der Waals surface area contributed by atoms with E-state index in [9.17, 15) is 5.11 Å². The van der Waals surface area contributed by atoms with Crippen LogP contribution in [0.1, 0.15) is 47.5 Å². The van der Waals surface area contributed by atoms with E-state index < -0.39 is 8.32 Å². The lowest BCUT2D eigenvalue weighted by atomic mass is 9.85. The second-order valence-electron chi connectivity index (χ2n) is 9.49. The first-order valence-electron chi connectivity index (χ1n) is 9.72. The average molecular weight is 371 g/mol. The van der Waals surface area contributed by atoms with Gasteiger partial charge >= 0.3 is 0 Å². The second-order valence-corrected chi connectivity index (χ2v) is 14.3. The Hall–Kier alpha value is -0.203. The van der Waals surface area contributed by atoms with Gasteiger partial charge in [-0.1, -0.05) is 40.7 Å². The molecule has 2 heterocycles. The summed E-state index contributed by atoms with van der Waals surface area (Å²) in [6.45, 7) is 19.9. The fourth-order valence-corrected chi connectivity index (χ4v) is 4.75. The van der Waals surface area contributed by atoms with E-state index >= 15 is 0 Å². The molecule has 4 nitrogen and oxygen atoms in total. The third kappa shape index (κ3) is 4.95. The minimum Gasteiger partial charge on any atom is -0.411 e. The van der Waals surface area contributed by atoms with Gasteiger partial charge in [0.25, 0.3) is 0 Å². The molecule has 146 valence electrons. The van der Waals surface area contributed by atoms with Crippen molar-refractivity contribution < 1.29 is 19.0 Å². The summed E-state index contributed by atoms with van der Waals surface area (Å²) in [5.74, 6) is 0.671. The highest BCUT2D eigenvalue weighted by atomic mass is 28.4. The van der Waals surface area contributed by atoms with Crippen molar-refractivity contribution in [1.29, 1.82) is 0 Å². The zero-order chi connectivity index (χ0) is 19.0. The van der Waals surface area contributed by atoms with E-state index in [0.29, 0.717) is 5.92 Å². The molecule has 0 aromatic carbocycles. The number of epoxide rings is 1. The van der Waals surface area contributed by atoms with Crippen LogP contribution in [0.15, 0.2) is 12.7 Å². The maximum absolute atomic E-state index is 9.20. The van der Waals surface area contributed by atoms with Crippen LogP contribution in [0.4, 0.5) is 0 Å². The molecule has 0 spiro atoms. The Bertz CT molecular complexity index is 459. The quantitative estimate of drug-likeness (QED) is 0.416. The lowest BCUT2D eigenvalue weighted by Gasteiger charge is -2.47. The molecule has 5 heteroatoms.